The molecule has 0 amide bonds. The molecule has 1 aromatic rings. The summed E-state index contributed by atoms with van der Waals surface area (Å²) in [6.45, 7) is 0. The third-order valence-corrected chi connectivity index (χ3v) is 26.8. The molecule has 16 heteroatoms. The first-order valence-corrected chi connectivity index (χ1v) is 29.5. The maximum Gasteiger partial charge on any atom is 0.0657 e. The molecule has 4 aliphatic heterocycles. The van der Waals surface area contributed by atoms with Crippen molar-refractivity contribution >= 4 is 199 Å². The van der Waals surface area contributed by atoms with Crippen LogP contribution in [0, 0.1) is 0 Å². The molecule has 0 spiro atoms. The maximum atomic E-state index is 2.45. The molecule has 0 aromatic heterocycles. The molecule has 0 saturated heterocycles. The predicted octanol–water partition coefficient (Wildman–Crippen LogP) is 16.0. The number of thioether (sulfide) groups is 16. The standard InChI is InChI=1S/C30H30S16/c1-31-23-24(32-2)40-19(39-23)13-17(21-43-27(35-5)28(36-6)44-21)15-10-9-11-16(12-15)18(22-45-29(37-7)30(38-8)46-22)14-20-41-25(33-3)26(34-4)42-20/h9-14H,1-8H3. The van der Waals surface area contributed by atoms with E-state index in [9.17, 15) is 0 Å². The molecule has 246 valence electrons. The van der Waals surface area contributed by atoms with Crippen LogP contribution in [0.2, 0.25) is 0 Å². The third kappa shape index (κ3) is 9.64. The number of allylic oxidation sites excluding steroid dienone is 4. The van der Waals surface area contributed by atoms with Gasteiger partial charge in [0.05, 0.1) is 50.8 Å². The van der Waals surface area contributed by atoms with Crippen molar-refractivity contribution in [3.8, 4) is 0 Å². The summed E-state index contributed by atoms with van der Waals surface area (Å²) in [6, 6.07) is 9.32. The van der Waals surface area contributed by atoms with E-state index >= 15 is 0 Å². The fraction of sp³-hybridized carbons (Fsp3) is 0.267. The van der Waals surface area contributed by atoms with E-state index in [1.54, 1.807) is 0 Å². The minimum absolute atomic E-state index is 1.28. The van der Waals surface area contributed by atoms with E-state index in [0.717, 1.165) is 0 Å². The Bertz CT molecular complexity index is 1430. The molecule has 0 atom stereocenters. The molecule has 0 radical (unpaired) electrons. The van der Waals surface area contributed by atoms with Gasteiger partial charge >= 0.3 is 0 Å². The van der Waals surface area contributed by atoms with Crippen molar-refractivity contribution in [1.29, 1.82) is 0 Å². The number of benzene rings is 1. The van der Waals surface area contributed by atoms with Gasteiger partial charge in [-0.25, -0.2) is 0 Å². The van der Waals surface area contributed by atoms with Crippen molar-refractivity contribution in [2.75, 3.05) is 50.0 Å². The average Bonchev–Trinajstić information content (AvgIpc) is 3.89. The Morgan fingerprint density at radius 3 is 0.935 bits per heavy atom. The van der Waals surface area contributed by atoms with Gasteiger partial charge in [0.15, 0.2) is 0 Å². The monoisotopic (exact) mass is 902 g/mol. The molecule has 0 N–H and O–H groups in total. The molecule has 0 bridgehead atoms. The molecule has 1 aromatic carbocycles. The second-order valence-corrected chi connectivity index (χ2v) is 26.6. The van der Waals surface area contributed by atoms with Gasteiger partial charge in [-0.3, -0.25) is 0 Å². The van der Waals surface area contributed by atoms with Gasteiger partial charge in [-0.1, -0.05) is 112 Å². The lowest BCUT2D eigenvalue weighted by Crippen LogP contribution is -1.90. The summed E-state index contributed by atoms with van der Waals surface area (Å²) in [4.78, 5) is 0. The van der Waals surface area contributed by atoms with E-state index in [-0.39, 0.29) is 0 Å². The van der Waals surface area contributed by atoms with E-state index in [1.165, 1.54) is 73.1 Å². The van der Waals surface area contributed by atoms with Crippen LogP contribution >= 0.6 is 188 Å². The summed E-state index contributed by atoms with van der Waals surface area (Å²) in [5, 5.41) is 0. The van der Waals surface area contributed by atoms with Crippen LogP contribution in [0.15, 0.2) is 87.3 Å². The van der Waals surface area contributed by atoms with Crippen LogP contribution in [-0.2, 0) is 0 Å². The Labute approximate surface area is 343 Å². The largest absolute Gasteiger partial charge is 0.121 e. The highest BCUT2D eigenvalue weighted by Crippen LogP contribution is 2.63. The van der Waals surface area contributed by atoms with Crippen LogP contribution in [0.3, 0.4) is 0 Å². The topological polar surface area (TPSA) is 0 Å². The van der Waals surface area contributed by atoms with Gasteiger partial charge in [0, 0.05) is 11.1 Å². The van der Waals surface area contributed by atoms with Crippen molar-refractivity contribution in [3.05, 3.63) is 98.4 Å². The first kappa shape index (κ1) is 39.9. The van der Waals surface area contributed by atoms with Gasteiger partial charge in [0.1, 0.15) is 0 Å². The molecule has 5 rings (SSSR count). The van der Waals surface area contributed by atoms with Crippen LogP contribution in [0.1, 0.15) is 11.1 Å². The quantitative estimate of drug-likeness (QED) is 0.195. The molecular formula is C30H30S16. The third-order valence-electron chi connectivity index (χ3n) is 6.11. The normalized spacial score (nSPS) is 18.8. The highest BCUT2D eigenvalue weighted by Gasteiger charge is 2.28. The number of hydrogen-bond donors (Lipinski definition) is 0. The minimum atomic E-state index is 1.28. The van der Waals surface area contributed by atoms with Gasteiger partial charge < -0.3 is 0 Å². The molecule has 0 fully saturated rings. The smallest absolute Gasteiger partial charge is 0.0657 e. The van der Waals surface area contributed by atoms with Gasteiger partial charge in [0.2, 0.25) is 0 Å². The second-order valence-electron chi connectivity index (χ2n) is 8.66. The summed E-state index contributed by atoms with van der Waals surface area (Å²) < 4.78 is 16.7. The average molecular weight is 904 g/mol. The van der Waals surface area contributed by atoms with Crippen molar-refractivity contribution < 1.29 is 0 Å². The van der Waals surface area contributed by atoms with Gasteiger partial charge in [0.25, 0.3) is 0 Å². The Balaban J connectivity index is 1.61. The fourth-order valence-corrected chi connectivity index (χ4v) is 24.0. The molecule has 0 aliphatic carbocycles. The fourth-order valence-electron chi connectivity index (χ4n) is 4.07. The van der Waals surface area contributed by atoms with Crippen LogP contribution in [-0.4, -0.2) is 50.0 Å². The zero-order valence-electron chi connectivity index (χ0n) is 26.0. The molecule has 0 saturated carbocycles. The molecular weight excluding hydrogens is 873 g/mol. The Morgan fingerprint density at radius 2 is 0.674 bits per heavy atom. The van der Waals surface area contributed by atoms with E-state index in [2.05, 4.69) is 86.5 Å². The second kappa shape index (κ2) is 19.7. The lowest BCUT2D eigenvalue weighted by molar-refractivity contribution is 1.57. The lowest BCUT2D eigenvalue weighted by Gasteiger charge is -2.13. The van der Waals surface area contributed by atoms with Gasteiger partial charge in [-0.15, -0.1) is 94.1 Å². The van der Waals surface area contributed by atoms with Crippen LogP contribution < -0.4 is 0 Å². The Kier molecular flexibility index (Phi) is 17.1. The van der Waals surface area contributed by atoms with Gasteiger partial charge in [-0.2, -0.15) is 0 Å². The minimum Gasteiger partial charge on any atom is -0.121 e. The highest BCUT2D eigenvalue weighted by atomic mass is 32.3. The van der Waals surface area contributed by atoms with Crippen molar-refractivity contribution in [2.24, 2.45) is 0 Å². The van der Waals surface area contributed by atoms with Crippen LogP contribution in [0.5, 0.6) is 0 Å². The maximum absolute atomic E-state index is 2.45. The first-order chi connectivity index (χ1) is 22.4. The van der Waals surface area contributed by atoms with Crippen molar-refractivity contribution in [3.63, 3.8) is 0 Å². The zero-order valence-corrected chi connectivity index (χ0v) is 39.1. The number of rotatable bonds is 12. The van der Waals surface area contributed by atoms with E-state index in [4.69, 9.17) is 0 Å². The summed E-state index contributed by atoms with van der Waals surface area (Å²) in [7, 11) is 0. The van der Waals surface area contributed by atoms with E-state index < -0.39 is 0 Å². The van der Waals surface area contributed by atoms with Crippen molar-refractivity contribution in [1.82, 2.24) is 0 Å². The SMILES string of the molecule is CSC1=C(SC)SC(=CC(=C2SC(SC)=C(SC)S2)c2cccc(C(C=C3SC(SC)=C(SC)S3)=C3SC(SC)=C(SC)S3)c2)S1. The first-order valence-electron chi connectivity index (χ1n) is 13.1. The summed E-state index contributed by atoms with van der Waals surface area (Å²) in [6.07, 6.45) is 22.5. The molecule has 0 unspecified atom stereocenters. The summed E-state index contributed by atoms with van der Waals surface area (Å²) >= 11 is 30.3. The van der Waals surface area contributed by atoms with Crippen LogP contribution in [0.4, 0.5) is 0 Å². The Hall–Kier alpha value is 2.74. The highest BCUT2D eigenvalue weighted by molar-refractivity contribution is 8.42. The summed E-state index contributed by atoms with van der Waals surface area (Å²) in [5.74, 6) is 0. The van der Waals surface area contributed by atoms with Crippen molar-refractivity contribution in [2.45, 2.75) is 0 Å². The van der Waals surface area contributed by atoms with E-state index in [1.807, 2.05) is 188 Å². The van der Waals surface area contributed by atoms with E-state index in [0.29, 0.717) is 0 Å². The molecule has 0 nitrogen and oxygen atoms in total. The summed E-state index contributed by atoms with van der Waals surface area (Å²) in [5.41, 5.74) is 5.20. The number of hydrogen-bond acceptors (Lipinski definition) is 16. The predicted molar refractivity (Wildman–Crippen MR) is 253 cm³/mol. The molecule has 4 heterocycles. The Morgan fingerprint density at radius 1 is 0.413 bits per heavy atom. The van der Waals surface area contributed by atoms with Gasteiger partial charge in [-0.05, 0) is 79.4 Å². The van der Waals surface area contributed by atoms with Crippen LogP contribution in [0.25, 0.3) is 11.1 Å². The molecule has 46 heavy (non-hydrogen) atoms. The molecule has 4 aliphatic rings. The zero-order chi connectivity index (χ0) is 32.8. The lowest BCUT2D eigenvalue weighted by atomic mass is 10.0.